The number of hydrogen-bond donors (Lipinski definition) is 1. The molecule has 0 saturated heterocycles. The molecule has 0 aromatic rings. The van der Waals surface area contributed by atoms with Gasteiger partial charge in [-0.05, 0) is 6.42 Å². The van der Waals surface area contributed by atoms with Crippen molar-refractivity contribution in [1.82, 2.24) is 0 Å². The minimum atomic E-state index is 0.489. The van der Waals surface area contributed by atoms with Crippen molar-refractivity contribution in [3.63, 3.8) is 0 Å². The molecule has 3 heteroatoms. The summed E-state index contributed by atoms with van der Waals surface area (Å²) in [5.74, 6) is 0. The second-order valence-electron chi connectivity index (χ2n) is 2.66. The summed E-state index contributed by atoms with van der Waals surface area (Å²) in [5.41, 5.74) is 0. The van der Waals surface area contributed by atoms with E-state index in [1.54, 1.807) is 0 Å². The van der Waals surface area contributed by atoms with Gasteiger partial charge in [0.05, 0.1) is 6.61 Å². The van der Waals surface area contributed by atoms with E-state index in [0.717, 1.165) is 12.8 Å². The maximum Gasteiger partial charge on any atom is 0.0853 e. The lowest BCUT2D eigenvalue weighted by Gasteiger charge is -1.98. The monoisotopic (exact) mass is 162 g/mol. The van der Waals surface area contributed by atoms with Crippen LogP contribution < -0.4 is 0 Å². The van der Waals surface area contributed by atoms with Crippen molar-refractivity contribution in [3.8, 4) is 0 Å². The number of hydrogen-bond acceptors (Lipinski definition) is 3. The predicted octanol–water partition coefficient (Wildman–Crippen LogP) is 2.77. The first-order valence-corrected chi connectivity index (χ1v) is 4.35. The second-order valence-corrected chi connectivity index (χ2v) is 2.66. The minimum absolute atomic E-state index is 0.489. The van der Waals surface area contributed by atoms with Gasteiger partial charge < -0.3 is 0 Å². The number of unbranched alkanes of at least 4 members (excludes halogenated alkanes) is 5. The van der Waals surface area contributed by atoms with Gasteiger partial charge in [-0.3, -0.25) is 0 Å². The predicted molar refractivity (Wildman–Crippen MR) is 43.0 cm³/mol. The van der Waals surface area contributed by atoms with Crippen LogP contribution in [-0.4, -0.2) is 11.9 Å². The van der Waals surface area contributed by atoms with E-state index in [-0.39, 0.29) is 0 Å². The maximum atomic E-state index is 7.78. The van der Waals surface area contributed by atoms with Crippen molar-refractivity contribution in [3.05, 3.63) is 0 Å². The highest BCUT2D eigenvalue weighted by atomic mass is 17.5. The zero-order valence-corrected chi connectivity index (χ0v) is 7.21. The van der Waals surface area contributed by atoms with Crippen molar-refractivity contribution < 1.29 is 15.2 Å². The quantitative estimate of drug-likeness (QED) is 0.339. The van der Waals surface area contributed by atoms with E-state index < -0.39 is 0 Å². The fourth-order valence-electron chi connectivity index (χ4n) is 0.979. The van der Waals surface area contributed by atoms with Gasteiger partial charge in [0.25, 0.3) is 0 Å². The van der Waals surface area contributed by atoms with E-state index in [4.69, 9.17) is 5.26 Å². The molecule has 0 atom stereocenters. The Morgan fingerprint density at radius 3 is 2.27 bits per heavy atom. The molecule has 68 valence electrons. The van der Waals surface area contributed by atoms with E-state index in [1.807, 2.05) is 0 Å². The van der Waals surface area contributed by atoms with Crippen LogP contribution in [0.2, 0.25) is 0 Å². The first-order valence-electron chi connectivity index (χ1n) is 4.35. The van der Waals surface area contributed by atoms with Crippen LogP contribution in [0, 0.1) is 0 Å². The van der Waals surface area contributed by atoms with E-state index in [0.29, 0.717) is 6.61 Å². The Labute approximate surface area is 68.2 Å². The summed E-state index contributed by atoms with van der Waals surface area (Å²) in [5, 5.41) is 11.3. The standard InChI is InChI=1S/C8H18O3/c1-2-3-4-5-6-7-8-10-11-9/h9H,2-8H2,1H3. The zero-order valence-electron chi connectivity index (χ0n) is 7.21. The summed E-state index contributed by atoms with van der Waals surface area (Å²) < 4.78 is 0. The molecule has 1 N–H and O–H groups in total. The van der Waals surface area contributed by atoms with E-state index in [9.17, 15) is 0 Å². The van der Waals surface area contributed by atoms with Crippen molar-refractivity contribution in [1.29, 1.82) is 0 Å². The van der Waals surface area contributed by atoms with E-state index >= 15 is 0 Å². The van der Waals surface area contributed by atoms with Crippen LogP contribution in [0.3, 0.4) is 0 Å². The molecule has 11 heavy (non-hydrogen) atoms. The van der Waals surface area contributed by atoms with Crippen LogP contribution in [0.5, 0.6) is 0 Å². The third-order valence-electron chi connectivity index (χ3n) is 1.63. The third-order valence-corrected chi connectivity index (χ3v) is 1.63. The van der Waals surface area contributed by atoms with Gasteiger partial charge >= 0.3 is 0 Å². The van der Waals surface area contributed by atoms with E-state index in [2.05, 4.69) is 16.8 Å². The summed E-state index contributed by atoms with van der Waals surface area (Å²) in [7, 11) is 0. The molecular weight excluding hydrogens is 144 g/mol. The number of rotatable bonds is 8. The summed E-state index contributed by atoms with van der Waals surface area (Å²) in [6, 6.07) is 0. The Bertz CT molecular complexity index is 58.4. The molecule has 0 aromatic heterocycles. The summed E-state index contributed by atoms with van der Waals surface area (Å²) in [6.07, 6.45) is 7.26. The molecule has 0 saturated carbocycles. The highest BCUT2D eigenvalue weighted by Crippen LogP contribution is 2.04. The molecule has 0 aliphatic rings. The van der Waals surface area contributed by atoms with Crippen molar-refractivity contribution >= 4 is 0 Å². The Morgan fingerprint density at radius 1 is 1.00 bits per heavy atom. The summed E-state index contributed by atoms with van der Waals surface area (Å²) >= 11 is 0. The van der Waals surface area contributed by atoms with Crippen molar-refractivity contribution in [2.75, 3.05) is 6.61 Å². The first kappa shape index (κ1) is 10.9. The summed E-state index contributed by atoms with van der Waals surface area (Å²) in [6.45, 7) is 2.69. The lowest BCUT2D eigenvalue weighted by atomic mass is 10.1. The molecule has 0 unspecified atom stereocenters. The average molecular weight is 162 g/mol. The average Bonchev–Trinajstić information content (AvgIpc) is 2.03. The van der Waals surface area contributed by atoms with Crippen LogP contribution >= 0.6 is 0 Å². The summed E-state index contributed by atoms with van der Waals surface area (Å²) in [4.78, 5) is 4.30. The Balaban J connectivity index is 2.69. The smallest absolute Gasteiger partial charge is 0.0853 e. The highest BCUT2D eigenvalue weighted by molar-refractivity contribution is 4.41. The molecule has 0 bridgehead atoms. The van der Waals surface area contributed by atoms with Crippen molar-refractivity contribution in [2.45, 2.75) is 45.4 Å². The Hall–Kier alpha value is -0.120. The molecule has 0 fully saturated rings. The van der Waals surface area contributed by atoms with E-state index in [1.165, 1.54) is 25.7 Å². The molecule has 0 amide bonds. The van der Waals surface area contributed by atoms with Gasteiger partial charge in [-0.2, -0.15) is 0 Å². The molecule has 0 aromatic carbocycles. The molecule has 0 spiro atoms. The Morgan fingerprint density at radius 2 is 1.64 bits per heavy atom. The van der Waals surface area contributed by atoms with Crippen molar-refractivity contribution in [2.24, 2.45) is 0 Å². The fraction of sp³-hybridized carbons (Fsp3) is 1.00. The molecular formula is C8H18O3. The van der Waals surface area contributed by atoms with Gasteiger partial charge in [-0.1, -0.05) is 44.1 Å². The van der Waals surface area contributed by atoms with Crippen LogP contribution in [0.25, 0.3) is 0 Å². The molecule has 0 aliphatic heterocycles. The van der Waals surface area contributed by atoms with Gasteiger partial charge in [0.2, 0.25) is 0 Å². The molecule has 3 nitrogen and oxygen atoms in total. The Kier molecular flexibility index (Phi) is 9.77. The zero-order chi connectivity index (χ0) is 8.36. The molecule has 0 radical (unpaired) electrons. The van der Waals surface area contributed by atoms with Crippen LogP contribution in [0.1, 0.15) is 45.4 Å². The lowest BCUT2D eigenvalue weighted by molar-refractivity contribution is -0.490. The van der Waals surface area contributed by atoms with Gasteiger partial charge in [-0.25, -0.2) is 10.1 Å². The van der Waals surface area contributed by atoms with Gasteiger partial charge in [0.15, 0.2) is 0 Å². The first-order chi connectivity index (χ1) is 5.41. The lowest BCUT2D eigenvalue weighted by Crippen LogP contribution is -1.92. The maximum absolute atomic E-state index is 7.78. The van der Waals surface area contributed by atoms with Crippen LogP contribution in [-0.2, 0) is 9.93 Å². The van der Waals surface area contributed by atoms with Gasteiger partial charge in [-0.15, -0.1) is 0 Å². The third kappa shape index (κ3) is 9.88. The highest BCUT2D eigenvalue weighted by Gasteiger charge is 1.89. The largest absolute Gasteiger partial charge is 0.221 e. The van der Waals surface area contributed by atoms with Crippen LogP contribution in [0.4, 0.5) is 0 Å². The SMILES string of the molecule is CCCCCCCCOOO. The van der Waals surface area contributed by atoms with Crippen LogP contribution in [0.15, 0.2) is 0 Å². The second kappa shape index (κ2) is 9.88. The fourth-order valence-corrected chi connectivity index (χ4v) is 0.979. The topological polar surface area (TPSA) is 38.7 Å². The molecule has 0 rings (SSSR count). The van der Waals surface area contributed by atoms with Gasteiger partial charge in [0, 0.05) is 0 Å². The minimum Gasteiger partial charge on any atom is -0.221 e. The normalized spacial score (nSPS) is 10.4. The van der Waals surface area contributed by atoms with Gasteiger partial charge in [0.1, 0.15) is 0 Å². The molecule has 0 aliphatic carbocycles. The molecule has 0 heterocycles.